The van der Waals surface area contributed by atoms with E-state index in [1.165, 1.54) is 0 Å². The number of halogens is 1. The van der Waals surface area contributed by atoms with Gasteiger partial charge in [0, 0.05) is 24.1 Å². The SMILES string of the molecule is O=C(NCCC[n+]1cc[nH]c1)C1c2ccccc2Oc2ccccc21.[Cl-]. The Kier molecular flexibility index (Phi) is 5.58. The highest BCUT2D eigenvalue weighted by Crippen LogP contribution is 2.43. The first-order valence-corrected chi connectivity index (χ1v) is 8.48. The molecule has 0 bridgehead atoms. The highest BCUT2D eigenvalue weighted by atomic mass is 35.5. The molecule has 0 aliphatic carbocycles. The number of nitrogens with zero attached hydrogens (tertiary/aromatic N) is 1. The van der Waals surface area contributed by atoms with Gasteiger partial charge in [-0.1, -0.05) is 36.4 Å². The monoisotopic (exact) mass is 369 g/mol. The molecular weight excluding hydrogens is 350 g/mol. The number of hydrogen-bond donors (Lipinski definition) is 2. The predicted molar refractivity (Wildman–Crippen MR) is 93.4 cm³/mol. The summed E-state index contributed by atoms with van der Waals surface area (Å²) in [6.45, 7) is 1.50. The van der Waals surface area contributed by atoms with E-state index in [4.69, 9.17) is 4.74 Å². The molecule has 0 spiro atoms. The van der Waals surface area contributed by atoms with Gasteiger partial charge in [-0.25, -0.2) is 4.57 Å². The standard InChI is InChI=1S/C20H19N3O2.ClH/c24-20(22-10-5-12-23-13-11-21-14-23)19-15-6-1-3-8-17(15)25-18-9-4-2-7-16(18)19;/h1-4,6-9,11,13-14,19H,5,10,12H2,(H,22,24);1H. The number of hydrogen-bond acceptors (Lipinski definition) is 2. The van der Waals surface area contributed by atoms with E-state index >= 15 is 0 Å². The molecule has 0 fully saturated rings. The van der Waals surface area contributed by atoms with Crippen LogP contribution in [-0.4, -0.2) is 17.4 Å². The first-order chi connectivity index (χ1) is 12.3. The molecule has 1 aliphatic heterocycles. The zero-order chi connectivity index (χ0) is 17.1. The van der Waals surface area contributed by atoms with Gasteiger partial charge in [0.15, 0.2) is 0 Å². The summed E-state index contributed by atoms with van der Waals surface area (Å²) < 4.78 is 8.01. The van der Waals surface area contributed by atoms with Gasteiger partial charge < -0.3 is 22.5 Å². The Morgan fingerprint density at radius 1 is 1.08 bits per heavy atom. The van der Waals surface area contributed by atoms with E-state index in [0.717, 1.165) is 35.6 Å². The van der Waals surface area contributed by atoms with Crippen molar-refractivity contribution >= 4 is 5.91 Å². The fourth-order valence-corrected chi connectivity index (χ4v) is 3.23. The lowest BCUT2D eigenvalue weighted by atomic mass is 9.87. The van der Waals surface area contributed by atoms with Gasteiger partial charge in [-0.3, -0.25) is 9.78 Å². The van der Waals surface area contributed by atoms with Crippen molar-refractivity contribution in [1.29, 1.82) is 0 Å². The number of aryl methyl sites for hydroxylation is 1. The van der Waals surface area contributed by atoms with E-state index in [0.29, 0.717) is 6.54 Å². The molecular formula is C20H20ClN3O2. The Balaban J connectivity index is 0.00000196. The number of aromatic amines is 1. The van der Waals surface area contributed by atoms with E-state index in [-0.39, 0.29) is 24.2 Å². The molecule has 0 atom stereocenters. The molecule has 4 rings (SSSR count). The summed E-state index contributed by atoms with van der Waals surface area (Å²) in [6.07, 6.45) is 6.65. The van der Waals surface area contributed by atoms with E-state index in [2.05, 4.69) is 14.9 Å². The maximum atomic E-state index is 12.9. The number of aromatic nitrogens is 2. The van der Waals surface area contributed by atoms with Crippen LogP contribution in [0, 0.1) is 0 Å². The molecule has 1 amide bonds. The molecule has 134 valence electrons. The molecule has 26 heavy (non-hydrogen) atoms. The molecule has 6 heteroatoms. The third kappa shape index (κ3) is 3.58. The Labute approximate surface area is 158 Å². The van der Waals surface area contributed by atoms with Crippen LogP contribution >= 0.6 is 0 Å². The molecule has 0 unspecified atom stereocenters. The smallest absolute Gasteiger partial charge is 0.241 e. The molecule has 1 aromatic heterocycles. The first kappa shape index (κ1) is 18.0. The molecule has 0 saturated carbocycles. The zero-order valence-electron chi connectivity index (χ0n) is 14.2. The topological polar surface area (TPSA) is 58.0 Å². The number of rotatable bonds is 5. The highest BCUT2D eigenvalue weighted by molar-refractivity contribution is 5.89. The second kappa shape index (κ2) is 8.06. The number of amides is 1. The average molecular weight is 370 g/mol. The second-order valence-electron chi connectivity index (χ2n) is 6.10. The number of carbonyl (C=O) groups excluding carboxylic acids is 1. The number of fused-ring (bicyclic) bond motifs is 2. The quantitative estimate of drug-likeness (QED) is 0.481. The minimum atomic E-state index is -0.332. The van der Waals surface area contributed by atoms with Crippen LogP contribution in [0.15, 0.2) is 67.3 Å². The molecule has 0 saturated heterocycles. The third-order valence-electron chi connectivity index (χ3n) is 4.44. The second-order valence-corrected chi connectivity index (χ2v) is 6.10. The van der Waals surface area contributed by atoms with Crippen molar-refractivity contribution < 1.29 is 26.5 Å². The van der Waals surface area contributed by atoms with Crippen LogP contribution in [0.25, 0.3) is 0 Å². The van der Waals surface area contributed by atoms with E-state index in [1.54, 1.807) is 0 Å². The number of ether oxygens (including phenoxy) is 1. The molecule has 2 heterocycles. The third-order valence-corrected chi connectivity index (χ3v) is 4.44. The van der Waals surface area contributed by atoms with Crippen molar-refractivity contribution in [2.75, 3.05) is 6.54 Å². The van der Waals surface area contributed by atoms with Crippen molar-refractivity contribution in [3.8, 4) is 11.5 Å². The van der Waals surface area contributed by atoms with Gasteiger partial charge in [0.1, 0.15) is 23.9 Å². The summed E-state index contributed by atoms with van der Waals surface area (Å²) in [4.78, 5) is 15.9. The largest absolute Gasteiger partial charge is 1.00 e. The molecule has 2 aromatic carbocycles. The number of H-pyrrole nitrogens is 1. The Bertz CT molecular complexity index is 835. The minimum Gasteiger partial charge on any atom is -1.00 e. The summed E-state index contributed by atoms with van der Waals surface area (Å²) in [5.74, 6) is 1.19. The van der Waals surface area contributed by atoms with E-state index < -0.39 is 0 Å². The van der Waals surface area contributed by atoms with Crippen molar-refractivity contribution in [2.24, 2.45) is 0 Å². The number of carbonyl (C=O) groups is 1. The Morgan fingerprint density at radius 3 is 2.35 bits per heavy atom. The van der Waals surface area contributed by atoms with Crippen molar-refractivity contribution in [3.63, 3.8) is 0 Å². The molecule has 0 radical (unpaired) electrons. The van der Waals surface area contributed by atoms with Crippen molar-refractivity contribution in [1.82, 2.24) is 10.3 Å². The lowest BCUT2D eigenvalue weighted by Gasteiger charge is -2.27. The van der Waals surface area contributed by atoms with Gasteiger partial charge in [-0.15, -0.1) is 0 Å². The summed E-state index contributed by atoms with van der Waals surface area (Å²) in [5, 5.41) is 3.08. The number of nitrogens with one attached hydrogen (secondary N) is 2. The lowest BCUT2D eigenvalue weighted by Crippen LogP contribution is -3.00. The summed E-state index contributed by atoms with van der Waals surface area (Å²) >= 11 is 0. The fourth-order valence-electron chi connectivity index (χ4n) is 3.23. The van der Waals surface area contributed by atoms with Gasteiger partial charge >= 0.3 is 0 Å². The summed E-state index contributed by atoms with van der Waals surface area (Å²) in [5.41, 5.74) is 1.83. The van der Waals surface area contributed by atoms with Crippen LogP contribution in [0.3, 0.4) is 0 Å². The first-order valence-electron chi connectivity index (χ1n) is 8.48. The van der Waals surface area contributed by atoms with E-state index in [1.807, 2.05) is 67.3 Å². The van der Waals surface area contributed by atoms with Gasteiger partial charge in [0.25, 0.3) is 0 Å². The summed E-state index contributed by atoms with van der Waals surface area (Å²) in [6, 6.07) is 15.5. The zero-order valence-corrected chi connectivity index (χ0v) is 14.9. The van der Waals surface area contributed by atoms with Crippen LogP contribution in [0.1, 0.15) is 23.5 Å². The fraction of sp³-hybridized carbons (Fsp3) is 0.200. The number of imidazole rings is 1. The molecule has 5 nitrogen and oxygen atoms in total. The normalized spacial score (nSPS) is 12.3. The van der Waals surface area contributed by atoms with Gasteiger partial charge in [-0.2, -0.15) is 0 Å². The molecule has 3 aromatic rings. The van der Waals surface area contributed by atoms with Crippen LogP contribution < -0.4 is 27.0 Å². The maximum absolute atomic E-state index is 12.9. The van der Waals surface area contributed by atoms with E-state index in [9.17, 15) is 4.79 Å². The van der Waals surface area contributed by atoms with Crippen LogP contribution in [0.5, 0.6) is 11.5 Å². The Morgan fingerprint density at radius 2 is 1.73 bits per heavy atom. The summed E-state index contributed by atoms with van der Waals surface area (Å²) in [7, 11) is 0. The van der Waals surface area contributed by atoms with Gasteiger partial charge in [0.05, 0.1) is 12.5 Å². The van der Waals surface area contributed by atoms with Gasteiger partial charge in [-0.05, 0) is 12.1 Å². The van der Waals surface area contributed by atoms with Crippen LogP contribution in [0.2, 0.25) is 0 Å². The van der Waals surface area contributed by atoms with Crippen molar-refractivity contribution in [2.45, 2.75) is 18.9 Å². The molecule has 2 N–H and O–H groups in total. The number of benzene rings is 2. The van der Waals surface area contributed by atoms with Crippen molar-refractivity contribution in [3.05, 3.63) is 78.4 Å². The highest BCUT2D eigenvalue weighted by Gasteiger charge is 2.32. The van der Waals surface area contributed by atoms with Crippen LogP contribution in [-0.2, 0) is 11.3 Å². The van der Waals surface area contributed by atoms with Crippen LogP contribution in [0.4, 0.5) is 0 Å². The van der Waals surface area contributed by atoms with Gasteiger partial charge in [0.2, 0.25) is 12.2 Å². The lowest BCUT2D eigenvalue weighted by molar-refractivity contribution is -0.695. The maximum Gasteiger partial charge on any atom is 0.241 e. The number of para-hydroxylation sites is 2. The average Bonchev–Trinajstić information content (AvgIpc) is 3.16. The Hall–Kier alpha value is -2.79. The minimum absolute atomic E-state index is 0. The molecule has 1 aliphatic rings. The predicted octanol–water partition coefficient (Wildman–Crippen LogP) is -0.250.